The molecule has 1 aliphatic carbocycles. The maximum atomic E-state index is 14.1. The summed E-state index contributed by atoms with van der Waals surface area (Å²) in [6.07, 6.45) is 0.965. The molecule has 0 atom stereocenters. The second-order valence-corrected chi connectivity index (χ2v) is 9.70. The average molecular weight is 583 g/mol. The van der Waals surface area contributed by atoms with Crippen LogP contribution >= 0.6 is 11.6 Å². The van der Waals surface area contributed by atoms with Gasteiger partial charge in [0.25, 0.3) is 17.9 Å². The van der Waals surface area contributed by atoms with Crippen molar-refractivity contribution in [1.29, 1.82) is 0 Å². The van der Waals surface area contributed by atoms with Gasteiger partial charge < -0.3 is 16.0 Å². The highest BCUT2D eigenvalue weighted by Crippen LogP contribution is 2.28. The molecule has 1 aliphatic rings. The summed E-state index contributed by atoms with van der Waals surface area (Å²) >= 11 is 5.89. The van der Waals surface area contributed by atoms with E-state index in [0.29, 0.717) is 21.4 Å². The van der Waals surface area contributed by atoms with Crippen LogP contribution in [0.2, 0.25) is 5.02 Å². The fourth-order valence-electron chi connectivity index (χ4n) is 4.02. The molecule has 1 fully saturated rings. The number of nitrogens with one attached hydrogen (secondary N) is 3. The van der Waals surface area contributed by atoms with Gasteiger partial charge in [0.15, 0.2) is 5.82 Å². The molecule has 0 aliphatic heterocycles. The standard InChI is InChI=1S/C28H22ClF3N6O3/c29-20-12-33-13-21(30)25(20)36-28(41)35-23-11-22(37-38(27(23)40)14-24(31)32)17-5-1-3-15(9-17)16-4-2-6-18(10-16)26(39)34-19-7-8-19/h1-6,9-13,19,24H,7-8,14H2,(H,34,39)(H2,33,35,36,41). The Balaban J connectivity index is 1.46. The van der Waals surface area contributed by atoms with E-state index in [2.05, 4.69) is 26.0 Å². The molecule has 4 aromatic rings. The number of alkyl halides is 2. The number of anilines is 2. The van der Waals surface area contributed by atoms with Crippen molar-refractivity contribution in [3.63, 3.8) is 0 Å². The van der Waals surface area contributed by atoms with Crippen LogP contribution in [0.4, 0.5) is 29.3 Å². The zero-order valence-corrected chi connectivity index (χ0v) is 22.0. The molecule has 9 nitrogen and oxygen atoms in total. The van der Waals surface area contributed by atoms with E-state index < -0.39 is 30.4 Å². The minimum atomic E-state index is -2.90. The number of benzene rings is 2. The predicted molar refractivity (Wildman–Crippen MR) is 148 cm³/mol. The average Bonchev–Trinajstić information content (AvgIpc) is 3.77. The Morgan fingerprint density at radius 1 is 1.00 bits per heavy atom. The van der Waals surface area contributed by atoms with E-state index in [1.165, 1.54) is 6.07 Å². The lowest BCUT2D eigenvalue weighted by Gasteiger charge is -2.13. The fourth-order valence-corrected chi connectivity index (χ4v) is 4.21. The van der Waals surface area contributed by atoms with Crippen molar-refractivity contribution in [3.05, 3.63) is 93.7 Å². The SMILES string of the molecule is O=C(Nc1c(F)cncc1Cl)Nc1cc(-c2cccc(-c3cccc(C(=O)NC4CC4)c3)c2)nn(CC(F)F)c1=O. The molecule has 1 saturated carbocycles. The Kier molecular flexibility index (Phi) is 8.02. The van der Waals surface area contributed by atoms with Gasteiger partial charge in [-0.05, 0) is 48.2 Å². The normalized spacial score (nSPS) is 12.7. The van der Waals surface area contributed by atoms with Gasteiger partial charge in [-0.1, -0.05) is 41.9 Å². The molecule has 2 heterocycles. The molecular formula is C28H22ClF3N6O3. The Hall–Kier alpha value is -4.71. The summed E-state index contributed by atoms with van der Waals surface area (Å²) in [6, 6.07) is 14.3. The van der Waals surface area contributed by atoms with E-state index in [4.69, 9.17) is 11.6 Å². The van der Waals surface area contributed by atoms with Crippen molar-refractivity contribution in [2.24, 2.45) is 0 Å². The Morgan fingerprint density at radius 2 is 1.71 bits per heavy atom. The van der Waals surface area contributed by atoms with Gasteiger partial charge in [0.05, 0.1) is 16.9 Å². The van der Waals surface area contributed by atoms with Gasteiger partial charge in [0.2, 0.25) is 0 Å². The number of carbonyl (C=O) groups is 2. The molecule has 2 aromatic carbocycles. The molecule has 3 N–H and O–H groups in total. The van der Waals surface area contributed by atoms with Crippen molar-refractivity contribution in [2.75, 3.05) is 10.6 Å². The number of halogens is 4. The first kappa shape index (κ1) is 27.8. The van der Waals surface area contributed by atoms with Crippen LogP contribution in [0.5, 0.6) is 0 Å². The predicted octanol–water partition coefficient (Wildman–Crippen LogP) is 5.57. The van der Waals surface area contributed by atoms with Crippen LogP contribution in [0.3, 0.4) is 0 Å². The minimum Gasteiger partial charge on any atom is -0.349 e. The lowest BCUT2D eigenvalue weighted by Crippen LogP contribution is -2.31. The van der Waals surface area contributed by atoms with Crippen molar-refractivity contribution in [3.8, 4) is 22.4 Å². The summed E-state index contributed by atoms with van der Waals surface area (Å²) in [7, 11) is 0. The number of urea groups is 1. The highest BCUT2D eigenvalue weighted by Gasteiger charge is 2.24. The molecule has 3 amide bonds. The Morgan fingerprint density at radius 3 is 2.41 bits per heavy atom. The quantitative estimate of drug-likeness (QED) is 0.251. The summed E-state index contributed by atoms with van der Waals surface area (Å²) in [5.74, 6) is -1.09. The van der Waals surface area contributed by atoms with E-state index in [1.807, 2.05) is 6.07 Å². The number of amides is 3. The van der Waals surface area contributed by atoms with Gasteiger partial charge in [0, 0.05) is 23.4 Å². The summed E-state index contributed by atoms with van der Waals surface area (Å²) in [5, 5.41) is 11.3. The van der Waals surface area contributed by atoms with E-state index in [1.54, 1.807) is 42.5 Å². The van der Waals surface area contributed by atoms with Gasteiger partial charge in [-0.25, -0.2) is 22.6 Å². The minimum absolute atomic E-state index is 0.109. The molecule has 0 spiro atoms. The van der Waals surface area contributed by atoms with E-state index >= 15 is 0 Å². The van der Waals surface area contributed by atoms with Crippen LogP contribution in [0.1, 0.15) is 23.2 Å². The number of carbonyl (C=O) groups excluding carboxylic acids is 2. The van der Waals surface area contributed by atoms with Crippen molar-refractivity contribution in [2.45, 2.75) is 31.9 Å². The van der Waals surface area contributed by atoms with Crippen LogP contribution in [0.15, 0.2) is 71.8 Å². The van der Waals surface area contributed by atoms with Crippen LogP contribution in [0, 0.1) is 5.82 Å². The summed E-state index contributed by atoms with van der Waals surface area (Å²) < 4.78 is 41.2. The molecule has 5 rings (SSSR count). The second kappa shape index (κ2) is 11.8. The first-order valence-corrected chi connectivity index (χ1v) is 12.8. The maximum absolute atomic E-state index is 14.1. The molecule has 0 radical (unpaired) electrons. The first-order chi connectivity index (χ1) is 19.7. The number of aromatic nitrogens is 3. The molecule has 41 heavy (non-hydrogen) atoms. The van der Waals surface area contributed by atoms with Gasteiger partial charge in [-0.3, -0.25) is 14.6 Å². The van der Waals surface area contributed by atoms with Crippen molar-refractivity contribution in [1.82, 2.24) is 20.1 Å². The number of pyridine rings is 1. The van der Waals surface area contributed by atoms with Crippen LogP contribution < -0.4 is 21.5 Å². The van der Waals surface area contributed by atoms with Crippen molar-refractivity contribution < 1.29 is 22.8 Å². The number of nitrogens with zero attached hydrogens (tertiary/aromatic N) is 3. The lowest BCUT2D eigenvalue weighted by molar-refractivity contribution is 0.0951. The first-order valence-electron chi connectivity index (χ1n) is 12.5. The van der Waals surface area contributed by atoms with Crippen LogP contribution in [-0.2, 0) is 6.54 Å². The smallest absolute Gasteiger partial charge is 0.323 e. The lowest BCUT2D eigenvalue weighted by atomic mass is 9.99. The van der Waals surface area contributed by atoms with Gasteiger partial charge in [0.1, 0.15) is 17.9 Å². The molecule has 210 valence electrons. The van der Waals surface area contributed by atoms with Gasteiger partial charge >= 0.3 is 6.03 Å². The summed E-state index contributed by atoms with van der Waals surface area (Å²) in [6.45, 7) is -1.02. The molecule has 0 unspecified atom stereocenters. The number of hydrogen-bond acceptors (Lipinski definition) is 5. The van der Waals surface area contributed by atoms with E-state index in [9.17, 15) is 27.6 Å². The number of rotatable bonds is 8. The Labute approximate surface area is 236 Å². The largest absolute Gasteiger partial charge is 0.349 e. The Bertz CT molecular complexity index is 1670. The van der Waals surface area contributed by atoms with E-state index in [0.717, 1.165) is 30.8 Å². The van der Waals surface area contributed by atoms with Gasteiger partial charge in [-0.15, -0.1) is 0 Å². The molecule has 2 aromatic heterocycles. The third kappa shape index (κ3) is 6.72. The highest BCUT2D eigenvalue weighted by molar-refractivity contribution is 6.33. The maximum Gasteiger partial charge on any atom is 0.323 e. The summed E-state index contributed by atoms with van der Waals surface area (Å²) in [4.78, 5) is 41.5. The second-order valence-electron chi connectivity index (χ2n) is 9.29. The summed E-state index contributed by atoms with van der Waals surface area (Å²) in [5.41, 5.74) is 0.744. The van der Waals surface area contributed by atoms with E-state index in [-0.39, 0.29) is 34.0 Å². The van der Waals surface area contributed by atoms with Crippen molar-refractivity contribution >= 4 is 34.9 Å². The van der Waals surface area contributed by atoms with Crippen LogP contribution in [-0.4, -0.2) is 39.2 Å². The third-order valence-corrected chi connectivity index (χ3v) is 6.44. The zero-order valence-electron chi connectivity index (χ0n) is 21.2. The zero-order chi connectivity index (χ0) is 29.1. The van der Waals surface area contributed by atoms with Gasteiger partial charge in [-0.2, -0.15) is 5.10 Å². The molecule has 0 saturated heterocycles. The fraction of sp³-hybridized carbons (Fsp3) is 0.179. The molecular weight excluding hydrogens is 561 g/mol. The topological polar surface area (TPSA) is 118 Å². The molecule has 0 bridgehead atoms. The monoisotopic (exact) mass is 582 g/mol. The van der Waals surface area contributed by atoms with Crippen LogP contribution in [0.25, 0.3) is 22.4 Å². The number of hydrogen-bond donors (Lipinski definition) is 3. The third-order valence-electron chi connectivity index (χ3n) is 6.15. The molecule has 13 heteroatoms. The highest BCUT2D eigenvalue weighted by atomic mass is 35.5.